The number of hydrogen-bond donors (Lipinski definition) is 2. The third-order valence-corrected chi connectivity index (χ3v) is 5.12. The number of carbonyl (C=O) groups is 2. The summed E-state index contributed by atoms with van der Waals surface area (Å²) in [6, 6.07) is 10.7. The van der Waals surface area contributed by atoms with E-state index >= 15 is 0 Å². The van der Waals surface area contributed by atoms with Crippen LogP contribution < -0.4 is 10.6 Å². The topological polar surface area (TPSA) is 74.3 Å². The number of anilines is 2. The summed E-state index contributed by atoms with van der Waals surface area (Å²) in [6.45, 7) is 1.71. The summed E-state index contributed by atoms with van der Waals surface area (Å²) < 4.78 is 0.866. The average Bonchev–Trinajstić information content (AvgIpc) is 2.64. The normalized spacial score (nSPS) is 15.3. The molecule has 1 aromatic carbocycles. The standard InChI is InChI=1S/C19H20BrClN4O2/c20-14-4-5-17(22-11-14)24-19(27)13-6-8-25(9-7-13)12-18(26)23-16-3-1-2-15(21)10-16/h1-5,10-11,13H,6-9,12H2,(H,23,26)(H,22,24,27). The van der Waals surface area contributed by atoms with Gasteiger partial charge in [-0.2, -0.15) is 0 Å². The van der Waals surface area contributed by atoms with Crippen molar-refractivity contribution >= 4 is 50.9 Å². The van der Waals surface area contributed by atoms with E-state index in [1.54, 1.807) is 36.5 Å². The van der Waals surface area contributed by atoms with Gasteiger partial charge in [0.1, 0.15) is 5.82 Å². The molecule has 27 heavy (non-hydrogen) atoms. The Morgan fingerprint density at radius 3 is 2.63 bits per heavy atom. The second-order valence-corrected chi connectivity index (χ2v) is 7.81. The average molecular weight is 452 g/mol. The van der Waals surface area contributed by atoms with Gasteiger partial charge < -0.3 is 10.6 Å². The van der Waals surface area contributed by atoms with E-state index in [-0.39, 0.29) is 17.7 Å². The molecule has 2 amide bonds. The number of piperidine rings is 1. The molecule has 0 atom stereocenters. The maximum Gasteiger partial charge on any atom is 0.238 e. The van der Waals surface area contributed by atoms with E-state index in [9.17, 15) is 9.59 Å². The molecule has 2 aromatic rings. The van der Waals surface area contributed by atoms with Gasteiger partial charge in [0.25, 0.3) is 0 Å². The molecule has 0 unspecified atom stereocenters. The molecular formula is C19H20BrClN4O2. The molecular weight excluding hydrogens is 432 g/mol. The van der Waals surface area contributed by atoms with Crippen LogP contribution in [0.4, 0.5) is 11.5 Å². The van der Waals surface area contributed by atoms with Crippen molar-refractivity contribution in [1.82, 2.24) is 9.88 Å². The number of hydrogen-bond acceptors (Lipinski definition) is 4. The second-order valence-electron chi connectivity index (χ2n) is 6.46. The number of aromatic nitrogens is 1. The SMILES string of the molecule is O=C(CN1CCC(C(=O)Nc2ccc(Br)cn2)CC1)Nc1cccc(Cl)c1. The number of carbonyl (C=O) groups excluding carboxylic acids is 2. The lowest BCUT2D eigenvalue weighted by molar-refractivity contribution is -0.121. The molecule has 8 heteroatoms. The van der Waals surface area contributed by atoms with E-state index in [1.165, 1.54) is 0 Å². The first kappa shape index (κ1) is 19.8. The van der Waals surface area contributed by atoms with E-state index in [0.29, 0.717) is 49.0 Å². The zero-order valence-electron chi connectivity index (χ0n) is 14.6. The van der Waals surface area contributed by atoms with Crippen LogP contribution in [0, 0.1) is 5.92 Å². The van der Waals surface area contributed by atoms with Crippen LogP contribution in [0.25, 0.3) is 0 Å². The van der Waals surface area contributed by atoms with Gasteiger partial charge in [-0.3, -0.25) is 14.5 Å². The van der Waals surface area contributed by atoms with Gasteiger partial charge in [-0.1, -0.05) is 17.7 Å². The Bertz CT molecular complexity index is 808. The Morgan fingerprint density at radius 2 is 1.96 bits per heavy atom. The maximum absolute atomic E-state index is 12.4. The lowest BCUT2D eigenvalue weighted by Gasteiger charge is -2.30. The molecule has 0 bridgehead atoms. The molecule has 1 aliphatic rings. The summed E-state index contributed by atoms with van der Waals surface area (Å²) in [5.41, 5.74) is 0.684. The van der Waals surface area contributed by atoms with Gasteiger partial charge in [-0.15, -0.1) is 0 Å². The Kier molecular flexibility index (Phi) is 6.82. The van der Waals surface area contributed by atoms with Crippen LogP contribution in [0.3, 0.4) is 0 Å². The summed E-state index contributed by atoms with van der Waals surface area (Å²) in [7, 11) is 0. The summed E-state index contributed by atoms with van der Waals surface area (Å²) >= 11 is 9.24. The van der Waals surface area contributed by atoms with Crippen molar-refractivity contribution < 1.29 is 9.59 Å². The van der Waals surface area contributed by atoms with Crippen LogP contribution >= 0.6 is 27.5 Å². The Balaban J connectivity index is 1.43. The van der Waals surface area contributed by atoms with Gasteiger partial charge >= 0.3 is 0 Å². The first-order chi connectivity index (χ1) is 13.0. The Hall–Kier alpha value is -1.96. The fourth-order valence-electron chi connectivity index (χ4n) is 3.00. The monoisotopic (exact) mass is 450 g/mol. The van der Waals surface area contributed by atoms with Crippen molar-refractivity contribution in [3.05, 3.63) is 52.1 Å². The maximum atomic E-state index is 12.4. The number of amides is 2. The second kappa shape index (κ2) is 9.30. The summed E-state index contributed by atoms with van der Waals surface area (Å²) in [5.74, 6) is 0.376. The predicted octanol–water partition coefficient (Wildman–Crippen LogP) is 3.79. The minimum atomic E-state index is -0.0840. The molecule has 0 aliphatic carbocycles. The highest BCUT2D eigenvalue weighted by atomic mass is 79.9. The van der Waals surface area contributed by atoms with E-state index in [0.717, 1.165) is 4.47 Å². The summed E-state index contributed by atoms with van der Waals surface area (Å²) in [4.78, 5) is 30.8. The smallest absolute Gasteiger partial charge is 0.238 e. The van der Waals surface area contributed by atoms with Crippen LogP contribution in [0.1, 0.15) is 12.8 Å². The van der Waals surface area contributed by atoms with Gasteiger partial charge in [0, 0.05) is 27.3 Å². The molecule has 142 valence electrons. The quantitative estimate of drug-likeness (QED) is 0.725. The lowest BCUT2D eigenvalue weighted by atomic mass is 9.96. The fourth-order valence-corrected chi connectivity index (χ4v) is 3.43. The molecule has 1 fully saturated rings. The summed E-state index contributed by atoms with van der Waals surface area (Å²) in [6.07, 6.45) is 3.08. The number of benzene rings is 1. The molecule has 0 radical (unpaired) electrons. The Labute approximate surface area is 171 Å². The number of rotatable bonds is 5. The first-order valence-electron chi connectivity index (χ1n) is 8.70. The third-order valence-electron chi connectivity index (χ3n) is 4.41. The van der Waals surface area contributed by atoms with Crippen molar-refractivity contribution in [3.63, 3.8) is 0 Å². The highest BCUT2D eigenvalue weighted by Gasteiger charge is 2.26. The lowest BCUT2D eigenvalue weighted by Crippen LogP contribution is -2.41. The van der Waals surface area contributed by atoms with Crippen LogP contribution in [0.5, 0.6) is 0 Å². The highest BCUT2D eigenvalue weighted by molar-refractivity contribution is 9.10. The van der Waals surface area contributed by atoms with Crippen LogP contribution in [-0.2, 0) is 9.59 Å². The molecule has 2 N–H and O–H groups in total. The van der Waals surface area contributed by atoms with Crippen molar-refractivity contribution in [3.8, 4) is 0 Å². The predicted molar refractivity (Wildman–Crippen MR) is 110 cm³/mol. The largest absolute Gasteiger partial charge is 0.325 e. The minimum Gasteiger partial charge on any atom is -0.325 e. The van der Waals surface area contributed by atoms with Gasteiger partial charge in [0.05, 0.1) is 6.54 Å². The van der Waals surface area contributed by atoms with Crippen molar-refractivity contribution in [2.75, 3.05) is 30.3 Å². The van der Waals surface area contributed by atoms with Gasteiger partial charge in [0.2, 0.25) is 11.8 Å². The highest BCUT2D eigenvalue weighted by Crippen LogP contribution is 2.20. The first-order valence-corrected chi connectivity index (χ1v) is 9.87. The van der Waals surface area contributed by atoms with Crippen LogP contribution in [0.2, 0.25) is 5.02 Å². The third kappa shape index (κ3) is 6.02. The van der Waals surface area contributed by atoms with E-state index < -0.39 is 0 Å². The number of nitrogens with one attached hydrogen (secondary N) is 2. The number of likely N-dealkylation sites (tertiary alicyclic amines) is 1. The molecule has 1 aliphatic heterocycles. The zero-order chi connectivity index (χ0) is 19.2. The number of pyridine rings is 1. The zero-order valence-corrected chi connectivity index (χ0v) is 17.0. The van der Waals surface area contributed by atoms with Crippen molar-refractivity contribution in [1.29, 1.82) is 0 Å². The molecule has 3 rings (SSSR count). The van der Waals surface area contributed by atoms with E-state index in [2.05, 4.69) is 36.4 Å². The molecule has 6 nitrogen and oxygen atoms in total. The minimum absolute atomic E-state index is 0.0205. The van der Waals surface area contributed by atoms with Crippen LogP contribution in [-0.4, -0.2) is 41.3 Å². The molecule has 1 aromatic heterocycles. The summed E-state index contributed by atoms with van der Waals surface area (Å²) in [5, 5.41) is 6.28. The molecule has 1 saturated heterocycles. The number of halogens is 2. The van der Waals surface area contributed by atoms with Crippen molar-refractivity contribution in [2.24, 2.45) is 5.92 Å². The molecule has 0 spiro atoms. The molecule has 0 saturated carbocycles. The Morgan fingerprint density at radius 1 is 1.19 bits per heavy atom. The van der Waals surface area contributed by atoms with Gasteiger partial charge in [0.15, 0.2) is 0 Å². The van der Waals surface area contributed by atoms with Gasteiger partial charge in [-0.25, -0.2) is 4.98 Å². The van der Waals surface area contributed by atoms with Crippen LogP contribution in [0.15, 0.2) is 47.1 Å². The van der Waals surface area contributed by atoms with Gasteiger partial charge in [-0.05, 0) is 72.2 Å². The number of nitrogens with zero attached hydrogens (tertiary/aromatic N) is 2. The van der Waals surface area contributed by atoms with E-state index in [4.69, 9.17) is 11.6 Å². The fraction of sp³-hybridized carbons (Fsp3) is 0.316. The van der Waals surface area contributed by atoms with Crippen molar-refractivity contribution in [2.45, 2.75) is 12.8 Å². The molecule has 2 heterocycles. The van der Waals surface area contributed by atoms with E-state index in [1.807, 2.05) is 6.07 Å².